The van der Waals surface area contributed by atoms with Gasteiger partial charge < -0.3 is 9.84 Å². The van der Waals surface area contributed by atoms with Crippen LogP contribution < -0.4 is 0 Å². The van der Waals surface area contributed by atoms with Gasteiger partial charge in [-0.1, -0.05) is 43.8 Å². The minimum Gasteiger partial charge on any atom is -0.504 e. The third-order valence-corrected chi connectivity index (χ3v) is 4.38. The van der Waals surface area contributed by atoms with Crippen LogP contribution in [0.25, 0.3) is 11.6 Å². The summed E-state index contributed by atoms with van der Waals surface area (Å²) in [6.45, 7) is 8.12. The average Bonchev–Trinajstić information content (AvgIpc) is 2.46. The predicted molar refractivity (Wildman–Crippen MR) is 103 cm³/mol. The average molecular weight is 343 g/mol. The third-order valence-electron chi connectivity index (χ3n) is 3.15. The number of hydrogen-bond acceptors (Lipinski definition) is 2. The summed E-state index contributed by atoms with van der Waals surface area (Å²) in [5.74, 6) is 5.81. The van der Waals surface area contributed by atoms with Crippen LogP contribution in [0.1, 0.15) is 30.0 Å². The van der Waals surface area contributed by atoms with Crippen LogP contribution in [0.3, 0.4) is 0 Å². The van der Waals surface area contributed by atoms with Crippen LogP contribution >= 0.6 is 0 Å². The first-order valence-electron chi connectivity index (χ1n) is 7.94. The van der Waals surface area contributed by atoms with Crippen molar-refractivity contribution < 1.29 is 14.6 Å². The molecule has 128 valence electrons. The van der Waals surface area contributed by atoms with Crippen LogP contribution in [-0.2, 0) is 9.53 Å². The monoisotopic (exact) mass is 342 g/mol. The molecular weight excluding hydrogens is 316 g/mol. The molecule has 0 radical (unpaired) electrons. The summed E-state index contributed by atoms with van der Waals surface area (Å²) in [5, 5.41) is 7.42. The van der Waals surface area contributed by atoms with Crippen molar-refractivity contribution in [3.63, 3.8) is 0 Å². The molecular formula is C20H26O3Si. The van der Waals surface area contributed by atoms with Crippen molar-refractivity contribution in [1.82, 2.24) is 0 Å². The molecule has 24 heavy (non-hydrogen) atoms. The minimum atomic E-state index is -1.08. The maximum absolute atomic E-state index is 9.00. The van der Waals surface area contributed by atoms with E-state index in [2.05, 4.69) is 61.8 Å². The Morgan fingerprint density at radius 2 is 2.04 bits per heavy atom. The summed E-state index contributed by atoms with van der Waals surface area (Å²) < 4.78 is 5.18. The minimum absolute atomic E-state index is 0.833. The Morgan fingerprint density at radius 1 is 1.38 bits per heavy atom. The van der Waals surface area contributed by atoms with Crippen molar-refractivity contribution >= 4 is 25.7 Å². The molecule has 0 amide bonds. The Kier molecular flexibility index (Phi) is 7.54. The second-order valence-electron chi connectivity index (χ2n) is 6.85. The number of rotatable bonds is 2. The molecule has 1 aliphatic rings. The van der Waals surface area contributed by atoms with Crippen LogP contribution in [0.4, 0.5) is 0 Å². The van der Waals surface area contributed by atoms with Crippen molar-refractivity contribution in [2.24, 2.45) is 0 Å². The number of allylic oxidation sites excluding steroid dienone is 2. The molecule has 4 heteroatoms. The van der Waals surface area contributed by atoms with E-state index in [0.717, 1.165) is 25.0 Å². The van der Waals surface area contributed by atoms with Gasteiger partial charge in [-0.2, -0.15) is 0 Å². The highest BCUT2D eigenvalue weighted by Gasteiger charge is 2.11. The maximum Gasteiger partial charge on any atom is 0.300 e. The number of carbonyl (C=O) groups is 1. The highest BCUT2D eigenvalue weighted by atomic mass is 28.3. The molecule has 0 atom stereocenters. The number of fused-ring (bicyclic) bond motifs is 1. The topological polar surface area (TPSA) is 46.5 Å². The van der Waals surface area contributed by atoms with Gasteiger partial charge in [0, 0.05) is 18.5 Å². The van der Waals surface area contributed by atoms with Crippen molar-refractivity contribution in [2.75, 3.05) is 7.11 Å². The van der Waals surface area contributed by atoms with E-state index < -0.39 is 14.0 Å². The normalized spacial score (nSPS) is 14.0. The van der Waals surface area contributed by atoms with Crippen molar-refractivity contribution in [2.45, 2.75) is 39.0 Å². The van der Waals surface area contributed by atoms with Crippen molar-refractivity contribution in [3.8, 4) is 11.8 Å². The Balaban J connectivity index is 0.000000648. The van der Waals surface area contributed by atoms with Crippen LogP contribution in [-0.4, -0.2) is 26.3 Å². The number of carboxylic acids is 1. The number of ether oxygens (including phenoxy) is 1. The van der Waals surface area contributed by atoms with E-state index in [-0.39, 0.29) is 0 Å². The molecule has 0 spiro atoms. The first kappa shape index (κ1) is 19.8. The van der Waals surface area contributed by atoms with Gasteiger partial charge >= 0.3 is 0 Å². The van der Waals surface area contributed by atoms with E-state index in [9.17, 15) is 0 Å². The zero-order chi connectivity index (χ0) is 18.2. The van der Waals surface area contributed by atoms with E-state index in [0.29, 0.717) is 0 Å². The van der Waals surface area contributed by atoms with Crippen LogP contribution in [0, 0.1) is 11.8 Å². The molecule has 0 saturated carbocycles. The molecule has 1 aromatic rings. The molecule has 0 saturated heterocycles. The summed E-state index contributed by atoms with van der Waals surface area (Å²) in [6, 6.07) is 7.48. The number of hydrogen-bond donors (Lipinski definition) is 1. The fourth-order valence-corrected chi connectivity index (χ4v) is 2.76. The Bertz CT molecular complexity index is 694. The SMILES string of the molecule is CC(=O)O.COC=C1CC=Cc2ccc(C#CC[Si](C)(C)C)cc21. The fraction of sp³-hybridized carbons (Fsp3) is 0.350. The van der Waals surface area contributed by atoms with Gasteiger partial charge in [-0.3, -0.25) is 4.79 Å². The number of carboxylic acid groups (broad SMARTS) is 1. The van der Waals surface area contributed by atoms with Crippen LogP contribution in [0.5, 0.6) is 0 Å². The smallest absolute Gasteiger partial charge is 0.300 e. The van der Waals surface area contributed by atoms with Gasteiger partial charge in [-0.15, -0.1) is 5.92 Å². The lowest BCUT2D eigenvalue weighted by Gasteiger charge is -2.14. The first-order valence-corrected chi connectivity index (χ1v) is 11.6. The second kappa shape index (κ2) is 9.14. The summed E-state index contributed by atoms with van der Waals surface area (Å²) >= 11 is 0. The fourth-order valence-electron chi connectivity index (χ4n) is 2.15. The van der Waals surface area contributed by atoms with Gasteiger partial charge in [0.2, 0.25) is 0 Å². The molecule has 1 aromatic carbocycles. The molecule has 0 unspecified atom stereocenters. The Morgan fingerprint density at radius 3 is 2.62 bits per heavy atom. The van der Waals surface area contributed by atoms with E-state index in [4.69, 9.17) is 14.6 Å². The zero-order valence-electron chi connectivity index (χ0n) is 15.1. The zero-order valence-corrected chi connectivity index (χ0v) is 16.1. The standard InChI is InChI=1S/C18H22OSi.C2H4O2/c1-19-14-17-9-5-8-16-11-10-15(13-18(16)17)7-6-12-20(2,3)4;1-2(3)4/h5,8,10-11,13-14H,9,12H2,1-4H3;1H3,(H,3,4). The molecule has 0 heterocycles. The lowest BCUT2D eigenvalue weighted by molar-refractivity contribution is -0.134. The van der Waals surface area contributed by atoms with Gasteiger partial charge in [0.1, 0.15) is 0 Å². The van der Waals surface area contributed by atoms with Gasteiger partial charge in [-0.05, 0) is 35.3 Å². The lowest BCUT2D eigenvalue weighted by Crippen LogP contribution is -2.17. The predicted octanol–water partition coefficient (Wildman–Crippen LogP) is 4.87. The Labute approximate surface area is 146 Å². The van der Waals surface area contributed by atoms with E-state index in [1.165, 1.54) is 16.7 Å². The number of methoxy groups -OCH3 is 1. The van der Waals surface area contributed by atoms with Gasteiger partial charge in [0.15, 0.2) is 0 Å². The quantitative estimate of drug-likeness (QED) is 0.474. The van der Waals surface area contributed by atoms with Crippen molar-refractivity contribution in [3.05, 3.63) is 47.2 Å². The van der Waals surface area contributed by atoms with Crippen LogP contribution in [0.2, 0.25) is 25.7 Å². The lowest BCUT2D eigenvalue weighted by atomic mass is 9.91. The first-order chi connectivity index (χ1) is 11.2. The molecule has 0 bridgehead atoms. The van der Waals surface area contributed by atoms with E-state index in [1.807, 2.05) is 6.26 Å². The molecule has 3 nitrogen and oxygen atoms in total. The maximum atomic E-state index is 9.00. The summed E-state index contributed by atoms with van der Waals surface area (Å²) in [6.07, 6.45) is 7.10. The summed E-state index contributed by atoms with van der Waals surface area (Å²) in [7, 11) is 0.615. The van der Waals surface area contributed by atoms with E-state index in [1.54, 1.807) is 7.11 Å². The molecule has 0 aromatic heterocycles. The van der Waals surface area contributed by atoms with Crippen LogP contribution in [0.15, 0.2) is 30.5 Å². The molecule has 1 aliphatic carbocycles. The highest BCUT2D eigenvalue weighted by Crippen LogP contribution is 2.29. The molecule has 0 fully saturated rings. The summed E-state index contributed by atoms with van der Waals surface area (Å²) in [5.41, 5.74) is 4.81. The van der Waals surface area contributed by atoms with Gasteiger partial charge in [0.05, 0.1) is 21.4 Å². The third kappa shape index (κ3) is 7.34. The largest absolute Gasteiger partial charge is 0.504 e. The van der Waals surface area contributed by atoms with Gasteiger partial charge in [0.25, 0.3) is 5.97 Å². The highest BCUT2D eigenvalue weighted by molar-refractivity contribution is 6.76. The number of aliphatic carboxylic acids is 1. The second-order valence-corrected chi connectivity index (χ2v) is 12.3. The summed E-state index contributed by atoms with van der Waals surface area (Å²) in [4.78, 5) is 9.00. The molecule has 1 N–H and O–H groups in total. The van der Waals surface area contributed by atoms with Gasteiger partial charge in [-0.25, -0.2) is 0 Å². The number of benzene rings is 1. The molecule has 0 aliphatic heterocycles. The molecule has 2 rings (SSSR count). The Hall–Kier alpha value is -2.25. The van der Waals surface area contributed by atoms with Crippen molar-refractivity contribution in [1.29, 1.82) is 0 Å². The van der Waals surface area contributed by atoms with E-state index >= 15 is 0 Å².